The Balaban J connectivity index is 0.00000261. The Hall–Kier alpha value is -1.59. The third kappa shape index (κ3) is 4.64. The maximum Gasteiger partial charge on any atom is 0.233 e. The van der Waals surface area contributed by atoms with E-state index in [-0.39, 0.29) is 35.7 Å². The zero-order valence-corrected chi connectivity index (χ0v) is 17.6. The molecule has 0 aromatic heterocycles. The summed E-state index contributed by atoms with van der Waals surface area (Å²) >= 11 is 0. The lowest BCUT2D eigenvalue weighted by molar-refractivity contribution is -0.124. The number of amides is 2. The fourth-order valence-corrected chi connectivity index (χ4v) is 4.10. The van der Waals surface area contributed by atoms with Gasteiger partial charge >= 0.3 is 0 Å². The minimum Gasteiger partial charge on any atom is -0.358 e. The third-order valence-electron chi connectivity index (χ3n) is 6.05. The average molecular weight is 394 g/mol. The number of carbonyl (C=O) groups excluding carboxylic acids is 2. The van der Waals surface area contributed by atoms with E-state index in [0.717, 1.165) is 31.5 Å². The maximum atomic E-state index is 13.1. The summed E-state index contributed by atoms with van der Waals surface area (Å²) in [6.07, 6.45) is 1.84. The highest BCUT2D eigenvalue weighted by atomic mass is 35.5. The summed E-state index contributed by atoms with van der Waals surface area (Å²) in [6.45, 7) is 8.45. The molecule has 5 nitrogen and oxygen atoms in total. The molecule has 1 aromatic carbocycles. The van der Waals surface area contributed by atoms with Gasteiger partial charge in [0.25, 0.3) is 0 Å². The van der Waals surface area contributed by atoms with Crippen LogP contribution in [0.3, 0.4) is 0 Å². The number of carbonyl (C=O) groups is 2. The van der Waals surface area contributed by atoms with Crippen molar-refractivity contribution < 1.29 is 9.59 Å². The van der Waals surface area contributed by atoms with Crippen LogP contribution in [0.1, 0.15) is 37.8 Å². The fourth-order valence-electron chi connectivity index (χ4n) is 4.10. The minimum absolute atomic E-state index is 0. The molecule has 1 heterocycles. The van der Waals surface area contributed by atoms with E-state index < -0.39 is 0 Å². The first-order valence-corrected chi connectivity index (χ1v) is 9.67. The maximum absolute atomic E-state index is 13.1. The summed E-state index contributed by atoms with van der Waals surface area (Å²) in [5.74, 6) is 1.01. The number of benzene rings is 1. The molecule has 0 spiro atoms. The summed E-state index contributed by atoms with van der Waals surface area (Å²) in [5.41, 5.74) is 2.00. The molecule has 2 amide bonds. The van der Waals surface area contributed by atoms with E-state index in [2.05, 4.69) is 60.6 Å². The lowest BCUT2D eigenvalue weighted by atomic mass is 9.89. The van der Waals surface area contributed by atoms with Gasteiger partial charge in [-0.2, -0.15) is 0 Å². The molecule has 0 radical (unpaired) electrons. The minimum atomic E-state index is -0.344. The Kier molecular flexibility index (Phi) is 6.92. The first kappa shape index (κ1) is 21.7. The van der Waals surface area contributed by atoms with Crippen LogP contribution in [0.5, 0.6) is 0 Å². The number of likely N-dealkylation sites (tertiary alicyclic amines) is 1. The summed E-state index contributed by atoms with van der Waals surface area (Å²) in [4.78, 5) is 27.0. The van der Waals surface area contributed by atoms with Gasteiger partial charge in [-0.15, -0.1) is 12.4 Å². The normalized spacial score (nSPS) is 23.6. The van der Waals surface area contributed by atoms with E-state index in [1.807, 2.05) is 0 Å². The molecule has 2 aliphatic rings. The predicted octanol–water partition coefficient (Wildman–Crippen LogP) is 2.27. The van der Waals surface area contributed by atoms with E-state index in [4.69, 9.17) is 0 Å². The zero-order valence-electron chi connectivity index (χ0n) is 16.7. The molecule has 2 atom stereocenters. The van der Waals surface area contributed by atoms with E-state index in [0.29, 0.717) is 18.4 Å². The Bertz CT molecular complexity index is 671. The highest BCUT2D eigenvalue weighted by molar-refractivity contribution is 5.91. The highest BCUT2D eigenvalue weighted by Gasteiger charge is 2.52. The van der Waals surface area contributed by atoms with E-state index in [1.54, 1.807) is 7.05 Å². The summed E-state index contributed by atoms with van der Waals surface area (Å²) in [5, 5.41) is 6.02. The lowest BCUT2D eigenvalue weighted by Crippen LogP contribution is -2.46. The first-order valence-electron chi connectivity index (χ1n) is 9.67. The molecule has 0 bridgehead atoms. The largest absolute Gasteiger partial charge is 0.358 e. The molecule has 1 aliphatic heterocycles. The van der Waals surface area contributed by atoms with Gasteiger partial charge in [-0.3, -0.25) is 14.5 Å². The SMILES string of the molecule is CNC(=O)CN1C[C@H](NC(=O)C2(c3ccc(C)cc3)CC2)[C@@H](C(C)C)C1.Cl. The van der Waals surface area contributed by atoms with Crippen molar-refractivity contribution in [3.63, 3.8) is 0 Å². The number of nitrogens with zero attached hydrogens (tertiary/aromatic N) is 1. The topological polar surface area (TPSA) is 61.4 Å². The molecule has 6 heteroatoms. The Morgan fingerprint density at radius 2 is 1.81 bits per heavy atom. The van der Waals surface area contributed by atoms with E-state index in [9.17, 15) is 9.59 Å². The zero-order chi connectivity index (χ0) is 18.9. The van der Waals surface area contributed by atoms with E-state index >= 15 is 0 Å². The van der Waals surface area contributed by atoms with Crippen molar-refractivity contribution in [2.45, 2.75) is 45.1 Å². The van der Waals surface area contributed by atoms with Crippen LogP contribution in [0.4, 0.5) is 0 Å². The molecule has 0 unspecified atom stereocenters. The molecule has 1 saturated heterocycles. The molecule has 27 heavy (non-hydrogen) atoms. The van der Waals surface area contributed by atoms with Crippen molar-refractivity contribution in [3.8, 4) is 0 Å². The van der Waals surface area contributed by atoms with Crippen LogP contribution in [0.25, 0.3) is 0 Å². The van der Waals surface area contributed by atoms with Gasteiger partial charge in [0, 0.05) is 26.2 Å². The number of likely N-dealkylation sites (N-methyl/N-ethyl adjacent to an activating group) is 1. The van der Waals surface area contributed by atoms with Gasteiger partial charge < -0.3 is 10.6 Å². The van der Waals surface area contributed by atoms with E-state index in [1.165, 1.54) is 5.56 Å². The van der Waals surface area contributed by atoms with Gasteiger partial charge in [0.05, 0.1) is 12.0 Å². The Morgan fingerprint density at radius 1 is 1.19 bits per heavy atom. The van der Waals surface area contributed by atoms with Crippen LogP contribution in [-0.4, -0.2) is 49.4 Å². The van der Waals surface area contributed by atoms with Crippen LogP contribution in [-0.2, 0) is 15.0 Å². The number of rotatable bonds is 6. The average Bonchev–Trinajstić information content (AvgIpc) is 3.32. The molecule has 1 saturated carbocycles. The number of aryl methyl sites for hydroxylation is 1. The van der Waals surface area contributed by atoms with Crippen molar-refractivity contribution in [3.05, 3.63) is 35.4 Å². The van der Waals surface area contributed by atoms with Crippen LogP contribution >= 0.6 is 12.4 Å². The molecular weight excluding hydrogens is 362 g/mol. The summed E-state index contributed by atoms with van der Waals surface area (Å²) in [6, 6.07) is 8.46. The molecule has 3 rings (SSSR count). The van der Waals surface area contributed by atoms with Crippen LogP contribution in [0.2, 0.25) is 0 Å². The van der Waals surface area contributed by atoms with Gasteiger partial charge in [0.15, 0.2) is 0 Å². The Labute approximate surface area is 168 Å². The molecule has 1 aromatic rings. The second-order valence-corrected chi connectivity index (χ2v) is 8.30. The number of halogens is 1. The van der Waals surface area contributed by atoms with Crippen molar-refractivity contribution in [2.24, 2.45) is 11.8 Å². The van der Waals surface area contributed by atoms with Gasteiger partial charge in [-0.25, -0.2) is 0 Å². The van der Waals surface area contributed by atoms with Crippen molar-refractivity contribution in [1.82, 2.24) is 15.5 Å². The smallest absolute Gasteiger partial charge is 0.233 e. The second-order valence-electron chi connectivity index (χ2n) is 8.30. The summed E-state index contributed by atoms with van der Waals surface area (Å²) in [7, 11) is 1.66. The van der Waals surface area contributed by atoms with Crippen molar-refractivity contribution in [2.75, 3.05) is 26.7 Å². The van der Waals surface area contributed by atoms with Crippen LogP contribution < -0.4 is 10.6 Å². The lowest BCUT2D eigenvalue weighted by Gasteiger charge is -2.25. The number of hydrogen-bond acceptors (Lipinski definition) is 3. The number of nitrogens with one attached hydrogen (secondary N) is 2. The molecule has 2 fully saturated rings. The third-order valence-corrected chi connectivity index (χ3v) is 6.05. The van der Waals surface area contributed by atoms with Gasteiger partial charge in [-0.1, -0.05) is 43.7 Å². The second kappa shape index (κ2) is 8.61. The first-order chi connectivity index (χ1) is 12.4. The molecule has 1 aliphatic carbocycles. The van der Waals surface area contributed by atoms with Crippen LogP contribution in [0, 0.1) is 18.8 Å². The number of hydrogen-bond donors (Lipinski definition) is 2. The molecule has 2 N–H and O–H groups in total. The predicted molar refractivity (Wildman–Crippen MR) is 110 cm³/mol. The van der Waals surface area contributed by atoms with Gasteiger partial charge in [-0.05, 0) is 37.2 Å². The van der Waals surface area contributed by atoms with Crippen molar-refractivity contribution >= 4 is 24.2 Å². The fraction of sp³-hybridized carbons (Fsp3) is 0.619. The summed E-state index contributed by atoms with van der Waals surface area (Å²) < 4.78 is 0. The van der Waals surface area contributed by atoms with Crippen LogP contribution in [0.15, 0.2) is 24.3 Å². The standard InChI is InChI=1S/C21H31N3O2.ClH/c1-14(2)17-11-24(13-19(25)22-4)12-18(17)23-20(26)21(9-10-21)16-7-5-15(3)6-8-16;/h5-8,14,17-18H,9-13H2,1-4H3,(H,22,25)(H,23,26);1H/t17-,18+;/m1./s1. The van der Waals surface area contributed by atoms with Gasteiger partial charge in [0.2, 0.25) is 11.8 Å². The molecular formula is C21H32ClN3O2. The molecule has 150 valence electrons. The Morgan fingerprint density at radius 3 is 2.33 bits per heavy atom. The quantitative estimate of drug-likeness (QED) is 0.779. The highest BCUT2D eigenvalue weighted by Crippen LogP contribution is 2.48. The van der Waals surface area contributed by atoms with Gasteiger partial charge in [0.1, 0.15) is 0 Å². The monoisotopic (exact) mass is 393 g/mol. The van der Waals surface area contributed by atoms with Crippen molar-refractivity contribution in [1.29, 1.82) is 0 Å².